The SMILES string of the molecule is CCCC/C=C/CCCCCCCC(=O)OCC(CO[C@H]1O[C@H](CS(=O)(=O)O)[C@@H](O)C(O)C1O)OC(=O)CC/C=C/C/C=C/CCCCCCCC. The fraction of sp³-hybridized carbons (Fsp3) is 0.795. The Kier molecular flexibility index (Phi) is 27.8. The molecule has 0 radical (unpaired) electrons. The van der Waals surface area contributed by atoms with E-state index in [0.29, 0.717) is 12.8 Å². The molecule has 302 valence electrons. The molecule has 1 aliphatic heterocycles. The van der Waals surface area contributed by atoms with Crippen molar-refractivity contribution in [1.29, 1.82) is 0 Å². The van der Waals surface area contributed by atoms with Crippen LogP contribution in [0.3, 0.4) is 0 Å². The molecule has 1 saturated heterocycles. The highest BCUT2D eigenvalue weighted by Gasteiger charge is 2.46. The Morgan fingerprint density at radius 2 is 1.21 bits per heavy atom. The topological polar surface area (TPSA) is 186 Å². The third-order valence-electron chi connectivity index (χ3n) is 8.71. The van der Waals surface area contributed by atoms with Gasteiger partial charge < -0.3 is 34.3 Å². The van der Waals surface area contributed by atoms with Crippen LogP contribution >= 0.6 is 0 Å². The Labute approximate surface area is 312 Å². The second-order valence-electron chi connectivity index (χ2n) is 13.6. The zero-order chi connectivity index (χ0) is 38.5. The number of rotatable bonds is 31. The normalized spacial score (nSPS) is 21.7. The van der Waals surface area contributed by atoms with Crippen LogP contribution in [-0.4, -0.2) is 96.0 Å². The molecule has 1 fully saturated rings. The number of ether oxygens (including phenoxy) is 4. The third-order valence-corrected chi connectivity index (χ3v) is 9.46. The molecule has 52 heavy (non-hydrogen) atoms. The molecule has 3 unspecified atom stereocenters. The quantitative estimate of drug-likeness (QED) is 0.0255. The van der Waals surface area contributed by atoms with Gasteiger partial charge >= 0.3 is 11.9 Å². The van der Waals surface area contributed by atoms with Gasteiger partial charge in [0.05, 0.1) is 6.61 Å². The molecule has 1 aliphatic rings. The van der Waals surface area contributed by atoms with Crippen LogP contribution in [0.5, 0.6) is 0 Å². The zero-order valence-corrected chi connectivity index (χ0v) is 32.5. The summed E-state index contributed by atoms with van der Waals surface area (Å²) in [4.78, 5) is 25.2. The minimum absolute atomic E-state index is 0.0564. The Hall–Kier alpha value is -2.13. The van der Waals surface area contributed by atoms with Gasteiger partial charge in [0, 0.05) is 12.8 Å². The second kappa shape index (κ2) is 30.2. The van der Waals surface area contributed by atoms with Gasteiger partial charge in [-0.1, -0.05) is 115 Å². The second-order valence-corrected chi connectivity index (χ2v) is 15.1. The molecule has 13 heteroatoms. The van der Waals surface area contributed by atoms with Crippen molar-refractivity contribution in [2.75, 3.05) is 19.0 Å². The summed E-state index contributed by atoms with van der Waals surface area (Å²) in [6.45, 7) is 3.62. The first kappa shape index (κ1) is 47.9. The van der Waals surface area contributed by atoms with E-state index in [1.54, 1.807) is 0 Å². The van der Waals surface area contributed by atoms with Gasteiger partial charge in [-0.2, -0.15) is 8.42 Å². The average Bonchev–Trinajstić information content (AvgIpc) is 3.10. The number of hydrogen-bond acceptors (Lipinski definition) is 11. The van der Waals surface area contributed by atoms with Gasteiger partial charge in [-0.25, -0.2) is 0 Å². The maximum atomic E-state index is 12.7. The number of unbranched alkanes of at least 4 members (excludes halogenated alkanes) is 13. The van der Waals surface area contributed by atoms with Crippen molar-refractivity contribution in [3.8, 4) is 0 Å². The van der Waals surface area contributed by atoms with Crippen molar-refractivity contribution in [2.24, 2.45) is 0 Å². The molecule has 1 heterocycles. The molecule has 0 spiro atoms. The van der Waals surface area contributed by atoms with Gasteiger partial charge in [0.1, 0.15) is 36.8 Å². The summed E-state index contributed by atoms with van der Waals surface area (Å²) >= 11 is 0. The fourth-order valence-corrected chi connectivity index (χ4v) is 6.28. The number of aliphatic hydroxyl groups is 3. The van der Waals surface area contributed by atoms with Crippen molar-refractivity contribution in [3.63, 3.8) is 0 Å². The minimum atomic E-state index is -4.60. The van der Waals surface area contributed by atoms with Gasteiger partial charge in [-0.15, -0.1) is 0 Å². The molecule has 0 aromatic heterocycles. The molecule has 12 nitrogen and oxygen atoms in total. The summed E-state index contributed by atoms with van der Waals surface area (Å²) in [7, 11) is -4.60. The number of allylic oxidation sites excluding steroid dienone is 6. The first-order valence-corrected chi connectivity index (χ1v) is 21.2. The maximum absolute atomic E-state index is 12.7. The van der Waals surface area contributed by atoms with E-state index in [9.17, 15) is 37.9 Å². The lowest BCUT2D eigenvalue weighted by Gasteiger charge is -2.40. The van der Waals surface area contributed by atoms with Gasteiger partial charge in [0.15, 0.2) is 12.4 Å². The van der Waals surface area contributed by atoms with E-state index in [4.69, 9.17) is 18.9 Å². The summed E-state index contributed by atoms with van der Waals surface area (Å²) in [5.41, 5.74) is 0. The van der Waals surface area contributed by atoms with E-state index in [0.717, 1.165) is 51.4 Å². The number of hydrogen-bond donors (Lipinski definition) is 4. The van der Waals surface area contributed by atoms with Crippen LogP contribution in [0.1, 0.15) is 142 Å². The van der Waals surface area contributed by atoms with Crippen molar-refractivity contribution < 1.29 is 56.8 Å². The number of esters is 2. The molecular weight excluding hydrogens is 692 g/mol. The highest BCUT2D eigenvalue weighted by atomic mass is 32.2. The third kappa shape index (κ3) is 25.0. The molecule has 0 amide bonds. The molecule has 0 saturated carbocycles. The van der Waals surface area contributed by atoms with Crippen LogP contribution in [0.15, 0.2) is 36.5 Å². The van der Waals surface area contributed by atoms with Crippen molar-refractivity contribution >= 4 is 22.1 Å². The largest absolute Gasteiger partial charge is 0.462 e. The van der Waals surface area contributed by atoms with E-state index in [1.807, 2.05) is 12.2 Å². The summed E-state index contributed by atoms with van der Waals surface area (Å²) in [6.07, 6.45) is 22.2. The van der Waals surface area contributed by atoms with Gasteiger partial charge in [-0.3, -0.25) is 14.1 Å². The van der Waals surface area contributed by atoms with E-state index in [2.05, 4.69) is 38.2 Å². The first-order chi connectivity index (χ1) is 25.0. The van der Waals surface area contributed by atoms with Crippen LogP contribution in [0.25, 0.3) is 0 Å². The molecule has 0 aromatic carbocycles. The lowest BCUT2D eigenvalue weighted by atomic mass is 10.00. The summed E-state index contributed by atoms with van der Waals surface area (Å²) < 4.78 is 53.7. The summed E-state index contributed by atoms with van der Waals surface area (Å²) in [6, 6.07) is 0. The Morgan fingerprint density at radius 3 is 1.85 bits per heavy atom. The number of carbonyl (C=O) groups excluding carboxylic acids is 2. The molecule has 4 N–H and O–H groups in total. The molecule has 0 aliphatic carbocycles. The fourth-order valence-electron chi connectivity index (χ4n) is 5.59. The van der Waals surface area contributed by atoms with Crippen LogP contribution in [-0.2, 0) is 38.7 Å². The predicted octanol–water partition coefficient (Wildman–Crippen LogP) is 6.66. The first-order valence-electron chi connectivity index (χ1n) is 19.5. The summed E-state index contributed by atoms with van der Waals surface area (Å²) in [5, 5.41) is 30.7. The Morgan fingerprint density at radius 1 is 0.654 bits per heavy atom. The van der Waals surface area contributed by atoms with Crippen LogP contribution in [0.2, 0.25) is 0 Å². The standard InChI is InChI=1S/C39H68O12S/c1-3-5-7-9-11-13-15-16-18-20-22-24-26-28-35(41)50-32(29-48-34(40)27-25-23-21-19-17-14-12-10-8-6-4-2)30-49-39-38(44)37(43)36(42)33(51-39)31-52(45,46)47/h10,12,16,18,22,24,32-33,36-39,42-44H,3-9,11,13-15,17,19-21,23,25-31H2,1-2H3,(H,45,46,47)/b12-10+,18-16+,24-22+/t32?,33-,36-,37?,38?,39+/m1/s1. The van der Waals surface area contributed by atoms with Crippen LogP contribution in [0.4, 0.5) is 0 Å². The van der Waals surface area contributed by atoms with Gasteiger partial charge in [-0.05, 0) is 51.4 Å². The van der Waals surface area contributed by atoms with E-state index in [-0.39, 0.29) is 19.4 Å². The highest BCUT2D eigenvalue weighted by Crippen LogP contribution is 2.24. The number of aliphatic hydroxyl groups excluding tert-OH is 3. The predicted molar refractivity (Wildman–Crippen MR) is 201 cm³/mol. The lowest BCUT2D eigenvalue weighted by molar-refractivity contribution is -0.297. The van der Waals surface area contributed by atoms with Gasteiger partial charge in [0.25, 0.3) is 10.1 Å². The molecule has 0 aromatic rings. The zero-order valence-electron chi connectivity index (χ0n) is 31.7. The average molecular weight is 761 g/mol. The van der Waals surface area contributed by atoms with E-state index < -0.39 is 71.2 Å². The molecule has 6 atom stereocenters. The van der Waals surface area contributed by atoms with E-state index in [1.165, 1.54) is 51.4 Å². The van der Waals surface area contributed by atoms with E-state index >= 15 is 0 Å². The van der Waals surface area contributed by atoms with Crippen molar-refractivity contribution in [3.05, 3.63) is 36.5 Å². The highest BCUT2D eigenvalue weighted by molar-refractivity contribution is 7.85. The maximum Gasteiger partial charge on any atom is 0.306 e. The molecule has 1 rings (SSSR count). The number of carbonyl (C=O) groups is 2. The molecule has 0 bridgehead atoms. The van der Waals surface area contributed by atoms with Crippen LogP contribution < -0.4 is 0 Å². The monoisotopic (exact) mass is 760 g/mol. The van der Waals surface area contributed by atoms with Crippen molar-refractivity contribution in [2.45, 2.75) is 179 Å². The Bertz CT molecular complexity index is 1120. The lowest BCUT2D eigenvalue weighted by Crippen LogP contribution is -2.60. The van der Waals surface area contributed by atoms with Crippen LogP contribution in [0, 0.1) is 0 Å². The van der Waals surface area contributed by atoms with Crippen molar-refractivity contribution in [1.82, 2.24) is 0 Å². The minimum Gasteiger partial charge on any atom is -0.462 e. The molecular formula is C39H68O12S. The van der Waals surface area contributed by atoms with Gasteiger partial charge in [0.2, 0.25) is 0 Å². The Balaban J connectivity index is 2.58. The summed E-state index contributed by atoms with van der Waals surface area (Å²) in [5.74, 6) is -2.09. The smallest absolute Gasteiger partial charge is 0.306 e.